The Balaban J connectivity index is 1.59. The van der Waals surface area contributed by atoms with Crippen molar-refractivity contribution in [3.05, 3.63) is 114 Å². The van der Waals surface area contributed by atoms with Gasteiger partial charge in [0.1, 0.15) is 0 Å². The Hall–Kier alpha value is -3.80. The zero-order valence-corrected chi connectivity index (χ0v) is 17.1. The Kier molecular flexibility index (Phi) is 6.12. The molecule has 0 bridgehead atoms. The number of alkyl halides is 3. The Bertz CT molecular complexity index is 1200. The third kappa shape index (κ3) is 5.09. The summed E-state index contributed by atoms with van der Waals surface area (Å²) in [6.07, 6.45) is -4.39. The number of hydrogen-bond acceptors (Lipinski definition) is 1. The van der Waals surface area contributed by atoms with Gasteiger partial charge in [-0.25, -0.2) is 4.79 Å². The van der Waals surface area contributed by atoms with Crippen LogP contribution in [0.4, 0.5) is 23.7 Å². The monoisotopic (exact) mass is 434 g/mol. The van der Waals surface area contributed by atoms with Crippen LogP contribution in [0.5, 0.6) is 0 Å². The van der Waals surface area contributed by atoms with E-state index in [2.05, 4.69) is 5.32 Å². The van der Waals surface area contributed by atoms with Crippen molar-refractivity contribution in [1.82, 2.24) is 4.90 Å². The molecule has 0 spiro atoms. The van der Waals surface area contributed by atoms with E-state index in [0.717, 1.165) is 28.5 Å². The molecule has 3 nitrogen and oxygen atoms in total. The van der Waals surface area contributed by atoms with Gasteiger partial charge in [0.25, 0.3) is 0 Å². The Morgan fingerprint density at radius 2 is 1.31 bits per heavy atom. The van der Waals surface area contributed by atoms with Gasteiger partial charge in [-0.2, -0.15) is 13.2 Å². The largest absolute Gasteiger partial charge is 0.416 e. The second-order valence-electron chi connectivity index (χ2n) is 7.49. The Morgan fingerprint density at radius 3 is 2.00 bits per heavy atom. The van der Waals surface area contributed by atoms with E-state index in [-0.39, 0.29) is 12.6 Å². The van der Waals surface area contributed by atoms with Gasteiger partial charge in [0, 0.05) is 18.5 Å². The smallest absolute Gasteiger partial charge is 0.316 e. The average molecular weight is 434 g/mol. The van der Waals surface area contributed by atoms with E-state index in [1.807, 2.05) is 72.8 Å². The maximum absolute atomic E-state index is 13.2. The molecule has 1 N–H and O–H groups in total. The van der Waals surface area contributed by atoms with Crippen molar-refractivity contribution in [3.63, 3.8) is 0 Å². The number of anilines is 1. The molecule has 0 aromatic heterocycles. The number of rotatable bonds is 5. The number of carbonyl (C=O) groups is 1. The van der Waals surface area contributed by atoms with E-state index in [0.29, 0.717) is 17.8 Å². The number of fused-ring (bicyclic) bond motifs is 1. The van der Waals surface area contributed by atoms with Crippen LogP contribution in [0.2, 0.25) is 0 Å². The van der Waals surface area contributed by atoms with Crippen LogP contribution in [0.3, 0.4) is 0 Å². The summed E-state index contributed by atoms with van der Waals surface area (Å²) in [5.41, 5.74) is 1.50. The van der Waals surface area contributed by atoms with E-state index in [9.17, 15) is 18.0 Å². The molecule has 0 unspecified atom stereocenters. The zero-order chi connectivity index (χ0) is 22.6. The van der Waals surface area contributed by atoms with Crippen LogP contribution >= 0.6 is 0 Å². The van der Waals surface area contributed by atoms with Crippen molar-refractivity contribution < 1.29 is 18.0 Å². The molecule has 32 heavy (non-hydrogen) atoms. The number of benzene rings is 4. The summed E-state index contributed by atoms with van der Waals surface area (Å²) in [4.78, 5) is 14.8. The van der Waals surface area contributed by atoms with Crippen LogP contribution in [0.25, 0.3) is 10.8 Å². The van der Waals surface area contributed by atoms with Gasteiger partial charge in [-0.05, 0) is 34.7 Å². The number of hydrogen-bond donors (Lipinski definition) is 1. The van der Waals surface area contributed by atoms with Gasteiger partial charge in [-0.1, -0.05) is 78.9 Å². The molecule has 4 aromatic carbocycles. The summed E-state index contributed by atoms with van der Waals surface area (Å²) in [6.45, 7) is 0.488. The van der Waals surface area contributed by atoms with E-state index in [1.165, 1.54) is 12.1 Å². The fourth-order valence-corrected chi connectivity index (χ4v) is 3.55. The number of halogens is 3. The number of nitrogens with zero attached hydrogens (tertiary/aromatic N) is 1. The highest BCUT2D eigenvalue weighted by Crippen LogP contribution is 2.29. The summed E-state index contributed by atoms with van der Waals surface area (Å²) >= 11 is 0. The fraction of sp³-hybridized carbons (Fsp3) is 0.115. The molecule has 0 saturated heterocycles. The normalized spacial score (nSPS) is 11.3. The van der Waals surface area contributed by atoms with Crippen molar-refractivity contribution in [2.45, 2.75) is 19.3 Å². The van der Waals surface area contributed by atoms with E-state index in [4.69, 9.17) is 0 Å². The quantitative estimate of drug-likeness (QED) is 0.357. The molecule has 0 heterocycles. The highest BCUT2D eigenvalue weighted by Gasteiger charge is 2.30. The summed E-state index contributed by atoms with van der Waals surface area (Å²) in [7, 11) is 0. The van der Waals surface area contributed by atoms with Gasteiger partial charge in [-0.3, -0.25) is 0 Å². The number of amides is 2. The third-order valence-corrected chi connectivity index (χ3v) is 5.19. The van der Waals surface area contributed by atoms with E-state index in [1.54, 1.807) is 4.90 Å². The second-order valence-corrected chi connectivity index (χ2v) is 7.49. The lowest BCUT2D eigenvalue weighted by Gasteiger charge is -2.24. The summed E-state index contributed by atoms with van der Waals surface area (Å²) in [6, 6.07) is 27.4. The minimum Gasteiger partial charge on any atom is -0.316 e. The van der Waals surface area contributed by atoms with Crippen molar-refractivity contribution in [2.75, 3.05) is 5.32 Å². The molecule has 4 aromatic rings. The van der Waals surface area contributed by atoms with Gasteiger partial charge in [0.05, 0.1) is 11.3 Å². The van der Waals surface area contributed by atoms with Gasteiger partial charge in [0.15, 0.2) is 0 Å². The van der Waals surface area contributed by atoms with Crippen LogP contribution < -0.4 is 5.32 Å². The molecule has 0 radical (unpaired) electrons. The molecule has 0 aliphatic carbocycles. The number of nitrogens with one attached hydrogen (secondary N) is 1. The maximum atomic E-state index is 13.2. The molecule has 0 saturated carbocycles. The Labute approximate surface area is 184 Å². The molecule has 0 atom stereocenters. The van der Waals surface area contributed by atoms with Gasteiger partial charge >= 0.3 is 12.2 Å². The maximum Gasteiger partial charge on any atom is 0.416 e. The summed E-state index contributed by atoms with van der Waals surface area (Å²) in [5, 5.41) is 4.88. The third-order valence-electron chi connectivity index (χ3n) is 5.19. The highest BCUT2D eigenvalue weighted by atomic mass is 19.4. The standard InChI is InChI=1S/C26H21F3N2O/c27-26(28,29)22-15-13-20(14-16-22)18-31(17-19-7-2-1-3-8-19)25(32)30-24-12-6-10-21-9-4-5-11-23(21)24/h1-16H,17-18H2,(H,30,32). The lowest BCUT2D eigenvalue weighted by atomic mass is 10.1. The first-order valence-corrected chi connectivity index (χ1v) is 10.1. The van der Waals surface area contributed by atoms with Crippen LogP contribution in [0.1, 0.15) is 16.7 Å². The minimum absolute atomic E-state index is 0.170. The van der Waals surface area contributed by atoms with Crippen LogP contribution in [-0.2, 0) is 19.3 Å². The van der Waals surface area contributed by atoms with Crippen molar-refractivity contribution in [1.29, 1.82) is 0 Å². The predicted octanol–water partition coefficient (Wildman–Crippen LogP) is 7.09. The van der Waals surface area contributed by atoms with Gasteiger partial charge < -0.3 is 10.2 Å². The van der Waals surface area contributed by atoms with Gasteiger partial charge in [-0.15, -0.1) is 0 Å². The van der Waals surface area contributed by atoms with Crippen LogP contribution in [-0.4, -0.2) is 10.9 Å². The molecular weight excluding hydrogens is 413 g/mol. The summed E-state index contributed by atoms with van der Waals surface area (Å²) < 4.78 is 38.7. The van der Waals surface area contributed by atoms with Crippen molar-refractivity contribution in [3.8, 4) is 0 Å². The topological polar surface area (TPSA) is 32.3 Å². The first-order chi connectivity index (χ1) is 15.4. The molecule has 6 heteroatoms. The lowest BCUT2D eigenvalue weighted by molar-refractivity contribution is -0.137. The minimum atomic E-state index is -4.39. The molecule has 4 rings (SSSR count). The first-order valence-electron chi connectivity index (χ1n) is 10.1. The first kappa shape index (κ1) is 21.4. The zero-order valence-electron chi connectivity index (χ0n) is 17.1. The molecule has 2 amide bonds. The molecule has 0 aliphatic heterocycles. The fourth-order valence-electron chi connectivity index (χ4n) is 3.55. The van der Waals surface area contributed by atoms with E-state index < -0.39 is 11.7 Å². The number of carbonyl (C=O) groups excluding carboxylic acids is 1. The highest BCUT2D eigenvalue weighted by molar-refractivity contribution is 6.01. The molecule has 0 fully saturated rings. The number of urea groups is 1. The lowest BCUT2D eigenvalue weighted by Crippen LogP contribution is -2.34. The summed E-state index contributed by atoms with van der Waals surface area (Å²) in [5.74, 6) is 0. The Morgan fingerprint density at radius 1 is 0.719 bits per heavy atom. The predicted molar refractivity (Wildman–Crippen MR) is 120 cm³/mol. The SMILES string of the molecule is O=C(Nc1cccc2ccccc12)N(Cc1ccccc1)Cc1ccc(C(F)(F)F)cc1. The van der Waals surface area contributed by atoms with Crippen LogP contribution in [0.15, 0.2) is 97.1 Å². The molecule has 162 valence electrons. The van der Waals surface area contributed by atoms with Crippen LogP contribution in [0, 0.1) is 0 Å². The average Bonchev–Trinajstić information content (AvgIpc) is 2.79. The molecular formula is C26H21F3N2O. The van der Waals surface area contributed by atoms with E-state index >= 15 is 0 Å². The second kappa shape index (κ2) is 9.14. The molecule has 0 aliphatic rings. The van der Waals surface area contributed by atoms with Crippen molar-refractivity contribution >= 4 is 22.5 Å². The van der Waals surface area contributed by atoms with Crippen molar-refractivity contribution in [2.24, 2.45) is 0 Å². The van der Waals surface area contributed by atoms with Gasteiger partial charge in [0.2, 0.25) is 0 Å².